The molecule has 5 heteroatoms. The van der Waals surface area contributed by atoms with E-state index in [0.717, 1.165) is 32.1 Å². The smallest absolute Gasteiger partial charge is 0.314 e. The average molecular weight is 267 g/mol. The summed E-state index contributed by atoms with van der Waals surface area (Å²) in [5, 5.41) is 3.11. The lowest BCUT2D eigenvalue weighted by molar-refractivity contribution is -0.131. The van der Waals surface area contributed by atoms with Crippen molar-refractivity contribution in [3.63, 3.8) is 0 Å². The number of primary amides is 1. The van der Waals surface area contributed by atoms with Crippen LogP contribution in [0.3, 0.4) is 0 Å². The summed E-state index contributed by atoms with van der Waals surface area (Å²) in [6.07, 6.45) is 7.52. The van der Waals surface area contributed by atoms with E-state index in [1.807, 2.05) is 0 Å². The first kappa shape index (κ1) is 14.2. The number of carbonyl (C=O) groups is 2. The van der Waals surface area contributed by atoms with Crippen LogP contribution in [0.5, 0.6) is 0 Å². The maximum absolute atomic E-state index is 12.5. The molecule has 0 aromatic rings. The van der Waals surface area contributed by atoms with E-state index in [1.54, 1.807) is 4.90 Å². The van der Waals surface area contributed by atoms with Gasteiger partial charge < -0.3 is 16.0 Å². The fraction of sp³-hybridized carbons (Fsp3) is 0.857. The van der Waals surface area contributed by atoms with Crippen molar-refractivity contribution in [1.29, 1.82) is 0 Å². The number of likely N-dealkylation sites (tertiary alicyclic amines) is 1. The molecule has 0 radical (unpaired) electrons. The third kappa shape index (κ3) is 3.39. The first-order valence-electron chi connectivity index (χ1n) is 7.37. The second-order valence-corrected chi connectivity index (χ2v) is 6.22. The summed E-state index contributed by atoms with van der Waals surface area (Å²) in [6.45, 7) is 3.28. The molecule has 108 valence electrons. The highest BCUT2D eigenvalue weighted by Crippen LogP contribution is 2.35. The van der Waals surface area contributed by atoms with Crippen molar-refractivity contribution in [2.45, 2.75) is 57.9 Å². The summed E-state index contributed by atoms with van der Waals surface area (Å²) < 4.78 is 0. The van der Waals surface area contributed by atoms with Crippen LogP contribution in [0.15, 0.2) is 0 Å². The molecule has 1 heterocycles. The Morgan fingerprint density at radius 1 is 1.21 bits per heavy atom. The van der Waals surface area contributed by atoms with Crippen molar-refractivity contribution in [3.05, 3.63) is 0 Å². The number of nitrogens with two attached hydrogens (primary N) is 1. The molecule has 1 atom stereocenters. The molecule has 2 rings (SSSR count). The monoisotopic (exact) mass is 267 g/mol. The molecule has 1 unspecified atom stereocenters. The van der Waals surface area contributed by atoms with Crippen LogP contribution >= 0.6 is 0 Å². The molecule has 19 heavy (non-hydrogen) atoms. The van der Waals surface area contributed by atoms with Crippen LogP contribution < -0.4 is 11.1 Å². The molecular formula is C14H25N3O2. The third-order valence-electron chi connectivity index (χ3n) is 4.59. The molecule has 3 amide bonds. The highest BCUT2D eigenvalue weighted by molar-refractivity contribution is 5.82. The lowest BCUT2D eigenvalue weighted by atomic mass is 9.81. The summed E-state index contributed by atoms with van der Waals surface area (Å²) in [6, 6.07) is -0.322. The molecule has 2 aliphatic rings. The molecule has 1 aliphatic heterocycles. The van der Waals surface area contributed by atoms with Gasteiger partial charge in [0.25, 0.3) is 0 Å². The van der Waals surface area contributed by atoms with Gasteiger partial charge in [-0.15, -0.1) is 0 Å². The van der Waals surface area contributed by atoms with Crippen LogP contribution in [-0.4, -0.2) is 36.0 Å². The van der Waals surface area contributed by atoms with E-state index in [-0.39, 0.29) is 17.4 Å². The number of nitrogens with zero attached hydrogens (tertiary/aromatic N) is 1. The van der Waals surface area contributed by atoms with Gasteiger partial charge in [-0.25, -0.2) is 4.79 Å². The van der Waals surface area contributed by atoms with E-state index < -0.39 is 6.03 Å². The van der Waals surface area contributed by atoms with Crippen LogP contribution in [0, 0.1) is 5.41 Å². The Labute approximate surface area is 114 Å². The second-order valence-electron chi connectivity index (χ2n) is 6.22. The summed E-state index contributed by atoms with van der Waals surface area (Å²) >= 11 is 0. The Hall–Kier alpha value is -1.26. The zero-order valence-corrected chi connectivity index (χ0v) is 11.8. The quantitative estimate of drug-likeness (QED) is 0.746. The van der Waals surface area contributed by atoms with Gasteiger partial charge in [0.05, 0.1) is 0 Å². The highest BCUT2D eigenvalue weighted by atomic mass is 16.2. The standard InChI is InChI=1S/C14H25N3O2/c1-14(7-4-2-3-5-8-14)12(18)16-11-6-9-17(10-11)13(15)19/h11H,2-10H2,1H3,(H2,15,19)(H,16,18). The second kappa shape index (κ2) is 5.80. The molecule has 1 saturated carbocycles. The molecule has 1 saturated heterocycles. The zero-order valence-electron chi connectivity index (χ0n) is 11.8. The first-order valence-corrected chi connectivity index (χ1v) is 7.37. The number of hydrogen-bond acceptors (Lipinski definition) is 2. The van der Waals surface area contributed by atoms with Gasteiger partial charge in [-0.2, -0.15) is 0 Å². The van der Waals surface area contributed by atoms with E-state index in [0.29, 0.717) is 13.1 Å². The maximum atomic E-state index is 12.5. The minimum absolute atomic E-state index is 0.0695. The van der Waals surface area contributed by atoms with Crippen LogP contribution in [0.25, 0.3) is 0 Å². The van der Waals surface area contributed by atoms with Crippen molar-refractivity contribution in [1.82, 2.24) is 10.2 Å². The summed E-state index contributed by atoms with van der Waals surface area (Å²) in [4.78, 5) is 25.1. The minimum Gasteiger partial charge on any atom is -0.351 e. The largest absolute Gasteiger partial charge is 0.351 e. The van der Waals surface area contributed by atoms with E-state index in [4.69, 9.17) is 5.73 Å². The Bertz CT molecular complexity index is 349. The summed E-state index contributed by atoms with van der Waals surface area (Å²) in [5.41, 5.74) is 5.03. The Morgan fingerprint density at radius 2 is 1.84 bits per heavy atom. The number of urea groups is 1. The van der Waals surface area contributed by atoms with Gasteiger partial charge in [0, 0.05) is 24.5 Å². The van der Waals surface area contributed by atoms with E-state index >= 15 is 0 Å². The topological polar surface area (TPSA) is 75.4 Å². The van der Waals surface area contributed by atoms with E-state index in [1.165, 1.54) is 12.8 Å². The maximum Gasteiger partial charge on any atom is 0.314 e. The minimum atomic E-state index is -0.391. The van der Waals surface area contributed by atoms with Gasteiger partial charge in [-0.3, -0.25) is 4.79 Å². The van der Waals surface area contributed by atoms with E-state index in [2.05, 4.69) is 12.2 Å². The number of carbonyl (C=O) groups excluding carboxylic acids is 2. The zero-order chi connectivity index (χ0) is 13.9. The van der Waals surface area contributed by atoms with Gasteiger partial charge in [0.2, 0.25) is 5.91 Å². The van der Waals surface area contributed by atoms with Crippen LogP contribution in [-0.2, 0) is 4.79 Å². The molecular weight excluding hydrogens is 242 g/mol. The molecule has 0 aromatic heterocycles. The Morgan fingerprint density at radius 3 is 2.37 bits per heavy atom. The van der Waals surface area contributed by atoms with E-state index in [9.17, 15) is 9.59 Å². The van der Waals surface area contributed by atoms with Crippen LogP contribution in [0.4, 0.5) is 4.79 Å². The molecule has 0 aromatic carbocycles. The van der Waals surface area contributed by atoms with Crippen molar-refractivity contribution >= 4 is 11.9 Å². The number of amides is 3. The first-order chi connectivity index (χ1) is 9.01. The van der Waals surface area contributed by atoms with Crippen molar-refractivity contribution in [2.24, 2.45) is 11.1 Å². The molecule has 2 fully saturated rings. The summed E-state index contributed by atoms with van der Waals surface area (Å²) in [7, 11) is 0. The Balaban J connectivity index is 1.88. The molecule has 0 spiro atoms. The highest BCUT2D eigenvalue weighted by Gasteiger charge is 2.36. The average Bonchev–Trinajstić information content (AvgIpc) is 2.71. The van der Waals surface area contributed by atoms with Crippen molar-refractivity contribution in [2.75, 3.05) is 13.1 Å². The normalized spacial score (nSPS) is 26.8. The predicted molar refractivity (Wildman–Crippen MR) is 73.5 cm³/mol. The van der Waals surface area contributed by atoms with Gasteiger partial charge >= 0.3 is 6.03 Å². The van der Waals surface area contributed by atoms with Crippen molar-refractivity contribution in [3.8, 4) is 0 Å². The number of nitrogens with one attached hydrogen (secondary N) is 1. The molecule has 3 N–H and O–H groups in total. The summed E-state index contributed by atoms with van der Waals surface area (Å²) in [5.74, 6) is 0.158. The lowest BCUT2D eigenvalue weighted by Gasteiger charge is -2.28. The fourth-order valence-corrected chi connectivity index (χ4v) is 3.17. The fourth-order valence-electron chi connectivity index (χ4n) is 3.17. The van der Waals surface area contributed by atoms with Crippen LogP contribution in [0.2, 0.25) is 0 Å². The SMILES string of the molecule is CC1(C(=O)NC2CCN(C(N)=O)C2)CCCCCC1. The van der Waals surface area contributed by atoms with Gasteiger partial charge in [-0.1, -0.05) is 32.6 Å². The predicted octanol–water partition coefficient (Wildman–Crippen LogP) is 1.62. The third-order valence-corrected chi connectivity index (χ3v) is 4.59. The number of rotatable bonds is 2. The Kier molecular flexibility index (Phi) is 4.32. The van der Waals surface area contributed by atoms with Gasteiger partial charge in [0.15, 0.2) is 0 Å². The molecule has 1 aliphatic carbocycles. The van der Waals surface area contributed by atoms with Gasteiger partial charge in [0.1, 0.15) is 0 Å². The lowest BCUT2D eigenvalue weighted by Crippen LogP contribution is -2.46. The van der Waals surface area contributed by atoms with Crippen LogP contribution in [0.1, 0.15) is 51.9 Å². The van der Waals surface area contributed by atoms with Crippen molar-refractivity contribution < 1.29 is 9.59 Å². The molecule has 0 bridgehead atoms. The molecule has 5 nitrogen and oxygen atoms in total. The number of hydrogen-bond donors (Lipinski definition) is 2. The van der Waals surface area contributed by atoms with Gasteiger partial charge in [-0.05, 0) is 19.3 Å².